The van der Waals surface area contributed by atoms with Gasteiger partial charge in [0.1, 0.15) is 0 Å². The summed E-state index contributed by atoms with van der Waals surface area (Å²) in [6.45, 7) is 1.05. The number of aromatic amines is 1. The molecule has 3 heterocycles. The number of carbonyl (C=O) groups excluding carboxylic acids is 1. The lowest BCUT2D eigenvalue weighted by atomic mass is 9.92. The van der Waals surface area contributed by atoms with E-state index >= 15 is 0 Å². The molecule has 0 bridgehead atoms. The zero-order valence-corrected chi connectivity index (χ0v) is 16.5. The maximum atomic E-state index is 12.7. The second-order valence-electron chi connectivity index (χ2n) is 7.06. The number of imidazole rings is 1. The highest BCUT2D eigenvalue weighted by Gasteiger charge is 2.29. The van der Waals surface area contributed by atoms with Gasteiger partial charge in [0.2, 0.25) is 13.1 Å². The topological polar surface area (TPSA) is 115 Å². The van der Waals surface area contributed by atoms with E-state index in [-0.39, 0.29) is 31.0 Å². The number of nitrogens with one attached hydrogen (secondary N) is 2. The number of H-pyrrole nitrogens is 1. The van der Waals surface area contributed by atoms with Gasteiger partial charge in [-0.25, -0.2) is 4.98 Å². The largest absolute Gasteiger partial charge is 0.459 e. The third-order valence-corrected chi connectivity index (χ3v) is 4.95. The van der Waals surface area contributed by atoms with Gasteiger partial charge in [-0.15, -0.1) is 0 Å². The molecular formula is C21H25N3O6. The van der Waals surface area contributed by atoms with E-state index in [0.717, 1.165) is 11.3 Å². The lowest BCUT2D eigenvalue weighted by Gasteiger charge is -2.29. The van der Waals surface area contributed by atoms with Crippen molar-refractivity contribution in [3.63, 3.8) is 0 Å². The van der Waals surface area contributed by atoms with Crippen LogP contribution >= 0.6 is 0 Å². The van der Waals surface area contributed by atoms with Crippen LogP contribution < -0.4 is 14.8 Å². The van der Waals surface area contributed by atoms with Gasteiger partial charge in [-0.2, -0.15) is 0 Å². The van der Waals surface area contributed by atoms with E-state index in [1.54, 1.807) is 12.5 Å². The zero-order valence-electron chi connectivity index (χ0n) is 16.5. The van der Waals surface area contributed by atoms with Crippen molar-refractivity contribution in [3.05, 3.63) is 53.8 Å². The maximum Gasteiger partial charge on any atom is 0.286 e. The average Bonchev–Trinajstić information content (AvgIpc) is 3.45. The molecule has 1 aromatic carbocycles. The quantitative estimate of drug-likeness (QED) is 0.533. The number of benzene rings is 1. The molecular weight excluding hydrogens is 390 g/mol. The molecule has 160 valence electrons. The fourth-order valence-electron chi connectivity index (χ4n) is 3.39. The highest BCUT2D eigenvalue weighted by molar-refractivity contribution is 5.91. The predicted molar refractivity (Wildman–Crippen MR) is 106 cm³/mol. The van der Waals surface area contributed by atoms with Gasteiger partial charge in [-0.05, 0) is 30.2 Å². The van der Waals surface area contributed by atoms with Crippen molar-refractivity contribution in [2.45, 2.75) is 31.5 Å². The molecule has 2 aliphatic heterocycles. The lowest BCUT2D eigenvalue weighted by molar-refractivity contribution is -0.146. The van der Waals surface area contributed by atoms with Gasteiger partial charge in [0.15, 0.2) is 17.3 Å². The minimum atomic E-state index is -0.578. The van der Waals surface area contributed by atoms with Crippen molar-refractivity contribution in [3.8, 4) is 11.5 Å². The molecule has 3 N–H and O–H groups in total. The number of nitrogens with zero attached hydrogens (tertiary/aromatic N) is 1. The Balaban J connectivity index is 1.45. The fourth-order valence-corrected chi connectivity index (χ4v) is 3.39. The zero-order chi connectivity index (χ0) is 20.8. The SMILES string of the molecule is O=C(NCCc1cnc[nH]1)C1=C[C@H](c2ccc3c(c2)OCO3)C[C@H](OCCCO)O1. The summed E-state index contributed by atoms with van der Waals surface area (Å²) in [5.74, 6) is 1.25. The summed E-state index contributed by atoms with van der Waals surface area (Å²) in [5, 5.41) is 11.9. The Hall–Kier alpha value is -3.04. The molecule has 0 fully saturated rings. The molecule has 1 aromatic heterocycles. The van der Waals surface area contributed by atoms with Crippen LogP contribution in [-0.4, -0.2) is 53.8 Å². The number of fused-ring (bicyclic) bond motifs is 1. The van der Waals surface area contributed by atoms with Crippen LogP contribution in [0.15, 0.2) is 42.6 Å². The normalized spacial score (nSPS) is 19.8. The van der Waals surface area contributed by atoms with Gasteiger partial charge in [0.05, 0.1) is 12.9 Å². The van der Waals surface area contributed by atoms with Crippen molar-refractivity contribution < 1.29 is 28.8 Å². The first-order valence-electron chi connectivity index (χ1n) is 9.99. The van der Waals surface area contributed by atoms with Crippen LogP contribution in [0.1, 0.15) is 30.0 Å². The number of rotatable bonds is 9. The molecule has 2 aliphatic rings. The van der Waals surface area contributed by atoms with E-state index in [1.165, 1.54) is 0 Å². The maximum absolute atomic E-state index is 12.7. The van der Waals surface area contributed by atoms with Crippen molar-refractivity contribution in [1.82, 2.24) is 15.3 Å². The number of ether oxygens (including phenoxy) is 4. The van der Waals surface area contributed by atoms with Crippen molar-refractivity contribution >= 4 is 5.91 Å². The van der Waals surface area contributed by atoms with Crippen LogP contribution in [0.25, 0.3) is 0 Å². The second kappa shape index (κ2) is 9.64. The number of allylic oxidation sites excluding steroid dienone is 1. The minimum absolute atomic E-state index is 0.0368. The average molecular weight is 415 g/mol. The van der Waals surface area contributed by atoms with Crippen LogP contribution in [0.3, 0.4) is 0 Å². The highest BCUT2D eigenvalue weighted by atomic mass is 16.7. The van der Waals surface area contributed by atoms with Crippen LogP contribution in [0.2, 0.25) is 0 Å². The van der Waals surface area contributed by atoms with Crippen LogP contribution in [0.4, 0.5) is 0 Å². The first-order chi connectivity index (χ1) is 14.7. The van der Waals surface area contributed by atoms with E-state index in [9.17, 15) is 4.79 Å². The molecule has 0 radical (unpaired) electrons. The number of aliphatic hydroxyl groups excluding tert-OH is 1. The number of aliphatic hydroxyl groups is 1. The number of hydrogen-bond acceptors (Lipinski definition) is 7. The highest BCUT2D eigenvalue weighted by Crippen LogP contribution is 2.38. The Morgan fingerprint density at radius 1 is 1.33 bits per heavy atom. The molecule has 9 heteroatoms. The van der Waals surface area contributed by atoms with Crippen LogP contribution in [0, 0.1) is 0 Å². The second-order valence-corrected chi connectivity index (χ2v) is 7.06. The van der Waals surface area contributed by atoms with Crippen molar-refractivity contribution in [2.75, 3.05) is 26.6 Å². The summed E-state index contributed by atoms with van der Waals surface area (Å²) in [6, 6.07) is 5.75. The Morgan fingerprint density at radius 2 is 2.23 bits per heavy atom. The Labute approximate surface area is 174 Å². The summed E-state index contributed by atoms with van der Waals surface area (Å²) in [7, 11) is 0. The summed E-state index contributed by atoms with van der Waals surface area (Å²) in [6.07, 6.45) is 6.26. The van der Waals surface area contributed by atoms with Gasteiger partial charge in [-0.3, -0.25) is 4.79 Å². The van der Waals surface area contributed by atoms with Crippen LogP contribution in [0.5, 0.6) is 11.5 Å². The standard InChI is InChI=1S/C21H25N3O6/c25-6-1-7-27-20-10-15(14-2-3-17-18(8-14)29-13-28-17)9-19(30-20)21(26)23-5-4-16-11-22-12-24-16/h2-3,8-9,11-12,15,20,25H,1,4-7,10,13H2,(H,22,24)(H,23,26)/t15-,20+/m0/s1. The van der Waals surface area contributed by atoms with E-state index in [1.807, 2.05) is 24.3 Å². The fraction of sp³-hybridized carbons (Fsp3) is 0.429. The van der Waals surface area contributed by atoms with Crippen molar-refractivity contribution in [1.29, 1.82) is 0 Å². The molecule has 2 atom stereocenters. The van der Waals surface area contributed by atoms with Gasteiger partial charge in [0.25, 0.3) is 5.91 Å². The molecule has 4 rings (SSSR count). The number of amides is 1. The molecule has 0 spiro atoms. The molecule has 30 heavy (non-hydrogen) atoms. The van der Waals surface area contributed by atoms with Crippen molar-refractivity contribution in [2.24, 2.45) is 0 Å². The van der Waals surface area contributed by atoms with Gasteiger partial charge in [0, 0.05) is 43.8 Å². The van der Waals surface area contributed by atoms with E-state index < -0.39 is 6.29 Å². The molecule has 2 aromatic rings. The Kier molecular flexibility index (Phi) is 6.50. The number of aromatic nitrogens is 2. The lowest BCUT2D eigenvalue weighted by Crippen LogP contribution is -2.34. The monoisotopic (exact) mass is 415 g/mol. The molecule has 0 saturated carbocycles. The van der Waals surface area contributed by atoms with E-state index in [2.05, 4.69) is 15.3 Å². The molecule has 0 saturated heterocycles. The molecule has 0 aliphatic carbocycles. The third kappa shape index (κ3) is 4.92. The van der Waals surface area contributed by atoms with E-state index in [0.29, 0.717) is 43.9 Å². The third-order valence-electron chi connectivity index (χ3n) is 4.95. The Bertz CT molecular complexity index is 883. The van der Waals surface area contributed by atoms with Gasteiger partial charge >= 0.3 is 0 Å². The van der Waals surface area contributed by atoms with Crippen LogP contribution in [-0.2, 0) is 20.7 Å². The summed E-state index contributed by atoms with van der Waals surface area (Å²) in [5.41, 5.74) is 1.93. The van der Waals surface area contributed by atoms with Gasteiger partial charge in [-0.1, -0.05) is 6.07 Å². The minimum Gasteiger partial charge on any atom is -0.459 e. The van der Waals surface area contributed by atoms with Gasteiger partial charge < -0.3 is 34.4 Å². The molecule has 9 nitrogen and oxygen atoms in total. The first kappa shape index (κ1) is 20.2. The summed E-state index contributed by atoms with van der Waals surface area (Å²) >= 11 is 0. The smallest absolute Gasteiger partial charge is 0.286 e. The Morgan fingerprint density at radius 3 is 3.07 bits per heavy atom. The summed E-state index contributed by atoms with van der Waals surface area (Å²) in [4.78, 5) is 19.7. The molecule has 0 unspecified atom stereocenters. The number of hydrogen-bond donors (Lipinski definition) is 3. The van der Waals surface area contributed by atoms with E-state index in [4.69, 9.17) is 24.1 Å². The first-order valence-corrected chi connectivity index (χ1v) is 9.99. The molecule has 1 amide bonds. The predicted octanol–water partition coefficient (Wildman–Crippen LogP) is 1.61. The summed E-state index contributed by atoms with van der Waals surface area (Å²) < 4.78 is 22.4. The number of carbonyl (C=O) groups is 1.